The molecule has 0 aromatic heterocycles. The van der Waals surface area contributed by atoms with Gasteiger partial charge in [0.25, 0.3) is 0 Å². The zero-order valence-corrected chi connectivity index (χ0v) is 12.3. The Morgan fingerprint density at radius 3 is 2.61 bits per heavy atom. The van der Waals surface area contributed by atoms with E-state index >= 15 is 0 Å². The number of halogens is 1. The lowest BCUT2D eigenvalue weighted by molar-refractivity contribution is 0.0532. The standard InChI is InChI=1S/C12H16BrNO3S/c13-10-4-3-5-11(8-10)18(16,17)14-9-12(15)6-1-2-7-12/h3-5,8,14-15H,1-2,6-7,9H2. The third-order valence-electron chi connectivity index (χ3n) is 3.23. The lowest BCUT2D eigenvalue weighted by atomic mass is 10.0. The summed E-state index contributed by atoms with van der Waals surface area (Å²) in [5, 5.41) is 10.1. The number of nitrogens with one attached hydrogen (secondary N) is 1. The highest BCUT2D eigenvalue weighted by molar-refractivity contribution is 9.10. The van der Waals surface area contributed by atoms with Gasteiger partial charge in [0.05, 0.1) is 10.5 Å². The minimum absolute atomic E-state index is 0.0852. The molecule has 1 aliphatic carbocycles. The molecule has 100 valence electrons. The van der Waals surface area contributed by atoms with Gasteiger partial charge in [-0.1, -0.05) is 34.8 Å². The largest absolute Gasteiger partial charge is 0.389 e. The maximum atomic E-state index is 12.0. The van der Waals surface area contributed by atoms with E-state index in [1.807, 2.05) is 0 Å². The lowest BCUT2D eigenvalue weighted by Crippen LogP contribution is -2.40. The third kappa shape index (κ3) is 3.32. The number of benzene rings is 1. The summed E-state index contributed by atoms with van der Waals surface area (Å²) in [4.78, 5) is 0.207. The Bertz CT molecular complexity index is 524. The van der Waals surface area contributed by atoms with Crippen LogP contribution in [0.15, 0.2) is 33.6 Å². The summed E-state index contributed by atoms with van der Waals surface area (Å²) in [6.45, 7) is 0.0852. The molecule has 2 N–H and O–H groups in total. The Balaban J connectivity index is 2.08. The van der Waals surface area contributed by atoms with E-state index < -0.39 is 15.6 Å². The molecule has 0 atom stereocenters. The third-order valence-corrected chi connectivity index (χ3v) is 5.12. The quantitative estimate of drug-likeness (QED) is 0.885. The number of hydrogen-bond donors (Lipinski definition) is 2. The van der Waals surface area contributed by atoms with Gasteiger partial charge in [0.2, 0.25) is 10.0 Å². The van der Waals surface area contributed by atoms with Gasteiger partial charge in [0, 0.05) is 11.0 Å². The van der Waals surface area contributed by atoms with E-state index in [2.05, 4.69) is 20.7 Å². The molecule has 0 radical (unpaired) electrons. The van der Waals surface area contributed by atoms with Crippen LogP contribution < -0.4 is 4.72 Å². The zero-order valence-electron chi connectivity index (χ0n) is 9.89. The van der Waals surface area contributed by atoms with Gasteiger partial charge >= 0.3 is 0 Å². The van der Waals surface area contributed by atoms with E-state index in [9.17, 15) is 13.5 Å². The van der Waals surface area contributed by atoms with Crippen molar-refractivity contribution in [3.8, 4) is 0 Å². The van der Waals surface area contributed by atoms with Crippen molar-refractivity contribution in [1.29, 1.82) is 0 Å². The highest BCUT2D eigenvalue weighted by atomic mass is 79.9. The molecule has 0 aliphatic heterocycles. The Hall–Kier alpha value is -0.430. The minimum atomic E-state index is -3.55. The van der Waals surface area contributed by atoms with Crippen LogP contribution in [0.1, 0.15) is 25.7 Å². The number of aliphatic hydroxyl groups is 1. The maximum absolute atomic E-state index is 12.0. The number of sulfonamides is 1. The summed E-state index contributed by atoms with van der Waals surface area (Å²) in [6.07, 6.45) is 3.23. The normalized spacial score (nSPS) is 19.0. The van der Waals surface area contributed by atoms with E-state index in [1.54, 1.807) is 18.2 Å². The molecule has 18 heavy (non-hydrogen) atoms. The first-order valence-corrected chi connectivity index (χ1v) is 8.17. The first-order valence-electron chi connectivity index (χ1n) is 5.89. The second-order valence-electron chi connectivity index (χ2n) is 4.71. The van der Waals surface area contributed by atoms with Crippen molar-refractivity contribution in [2.75, 3.05) is 6.54 Å². The van der Waals surface area contributed by atoms with Crippen molar-refractivity contribution in [1.82, 2.24) is 4.72 Å². The monoisotopic (exact) mass is 333 g/mol. The Morgan fingerprint density at radius 2 is 2.00 bits per heavy atom. The van der Waals surface area contributed by atoms with E-state index in [-0.39, 0.29) is 11.4 Å². The fourth-order valence-electron chi connectivity index (χ4n) is 2.16. The van der Waals surface area contributed by atoms with Crippen molar-refractivity contribution < 1.29 is 13.5 Å². The molecular formula is C12H16BrNO3S. The fourth-order valence-corrected chi connectivity index (χ4v) is 3.87. The first kappa shape index (κ1) is 14.0. The molecule has 1 aliphatic rings. The van der Waals surface area contributed by atoms with Crippen molar-refractivity contribution in [2.45, 2.75) is 36.2 Å². The van der Waals surface area contributed by atoms with Crippen LogP contribution in [0.5, 0.6) is 0 Å². The average molecular weight is 334 g/mol. The van der Waals surface area contributed by atoms with Crippen molar-refractivity contribution in [3.05, 3.63) is 28.7 Å². The highest BCUT2D eigenvalue weighted by Crippen LogP contribution is 2.29. The van der Waals surface area contributed by atoms with Gasteiger partial charge in [-0.15, -0.1) is 0 Å². The highest BCUT2D eigenvalue weighted by Gasteiger charge is 2.32. The zero-order chi connectivity index (χ0) is 13.2. The van der Waals surface area contributed by atoms with Gasteiger partial charge in [0.1, 0.15) is 0 Å². The molecule has 1 aromatic rings. The Labute approximate surface area is 116 Å². The second kappa shape index (κ2) is 5.28. The van der Waals surface area contributed by atoms with Crippen LogP contribution in [-0.4, -0.2) is 25.7 Å². The molecule has 1 fully saturated rings. The van der Waals surface area contributed by atoms with Crippen LogP contribution >= 0.6 is 15.9 Å². The second-order valence-corrected chi connectivity index (χ2v) is 7.40. The molecule has 0 amide bonds. The molecule has 0 bridgehead atoms. The molecule has 1 saturated carbocycles. The van der Waals surface area contributed by atoms with Gasteiger partial charge in [-0.3, -0.25) is 0 Å². The van der Waals surface area contributed by atoms with Gasteiger partial charge < -0.3 is 5.11 Å². The maximum Gasteiger partial charge on any atom is 0.240 e. The van der Waals surface area contributed by atoms with Crippen LogP contribution in [0.2, 0.25) is 0 Å². The lowest BCUT2D eigenvalue weighted by Gasteiger charge is -2.22. The molecule has 6 heteroatoms. The SMILES string of the molecule is O=S(=O)(NCC1(O)CCCC1)c1cccc(Br)c1. The number of hydrogen-bond acceptors (Lipinski definition) is 3. The molecule has 0 heterocycles. The molecule has 0 saturated heterocycles. The van der Waals surface area contributed by atoms with Crippen LogP contribution in [-0.2, 0) is 10.0 Å². The summed E-state index contributed by atoms with van der Waals surface area (Å²) in [7, 11) is -3.55. The summed E-state index contributed by atoms with van der Waals surface area (Å²) in [6, 6.07) is 6.51. The average Bonchev–Trinajstić information content (AvgIpc) is 2.75. The molecular weight excluding hydrogens is 318 g/mol. The van der Waals surface area contributed by atoms with E-state index in [4.69, 9.17) is 0 Å². The van der Waals surface area contributed by atoms with Crippen LogP contribution in [0.25, 0.3) is 0 Å². The molecule has 0 spiro atoms. The smallest absolute Gasteiger partial charge is 0.240 e. The van der Waals surface area contributed by atoms with Gasteiger partial charge in [-0.25, -0.2) is 13.1 Å². The predicted molar refractivity (Wildman–Crippen MR) is 72.7 cm³/mol. The van der Waals surface area contributed by atoms with Crippen molar-refractivity contribution >= 4 is 26.0 Å². The molecule has 4 nitrogen and oxygen atoms in total. The van der Waals surface area contributed by atoms with Crippen molar-refractivity contribution in [3.63, 3.8) is 0 Å². The molecule has 2 rings (SSSR count). The Morgan fingerprint density at radius 1 is 1.33 bits per heavy atom. The molecule has 0 unspecified atom stereocenters. The van der Waals surface area contributed by atoms with Gasteiger partial charge in [-0.05, 0) is 31.0 Å². The van der Waals surface area contributed by atoms with E-state index in [0.717, 1.165) is 12.8 Å². The van der Waals surface area contributed by atoms with Crippen LogP contribution in [0.4, 0.5) is 0 Å². The molecule has 1 aromatic carbocycles. The summed E-state index contributed by atoms with van der Waals surface area (Å²) in [5.41, 5.74) is -0.876. The Kier molecular flexibility index (Phi) is 4.11. The summed E-state index contributed by atoms with van der Waals surface area (Å²) < 4.78 is 27.3. The summed E-state index contributed by atoms with van der Waals surface area (Å²) >= 11 is 3.24. The summed E-state index contributed by atoms with van der Waals surface area (Å²) in [5.74, 6) is 0. The van der Waals surface area contributed by atoms with Crippen molar-refractivity contribution in [2.24, 2.45) is 0 Å². The number of rotatable bonds is 4. The fraction of sp³-hybridized carbons (Fsp3) is 0.500. The first-order chi connectivity index (χ1) is 8.41. The van der Waals surface area contributed by atoms with E-state index in [1.165, 1.54) is 6.07 Å². The van der Waals surface area contributed by atoms with Gasteiger partial charge in [0.15, 0.2) is 0 Å². The van der Waals surface area contributed by atoms with E-state index in [0.29, 0.717) is 17.3 Å². The van der Waals surface area contributed by atoms with Gasteiger partial charge in [-0.2, -0.15) is 0 Å². The van der Waals surface area contributed by atoms with Crippen LogP contribution in [0.3, 0.4) is 0 Å². The van der Waals surface area contributed by atoms with Crippen LogP contribution in [0, 0.1) is 0 Å². The predicted octanol–water partition coefficient (Wildman–Crippen LogP) is 2.03. The minimum Gasteiger partial charge on any atom is -0.389 e. The topological polar surface area (TPSA) is 66.4 Å².